The van der Waals surface area contributed by atoms with Crippen LogP contribution >= 0.6 is 11.8 Å². The van der Waals surface area contributed by atoms with Gasteiger partial charge in [-0.05, 0) is 60.2 Å². The summed E-state index contributed by atoms with van der Waals surface area (Å²) in [6.45, 7) is 4.53. The third-order valence-corrected chi connectivity index (χ3v) is 4.73. The van der Waals surface area contributed by atoms with E-state index in [9.17, 15) is 4.79 Å². The van der Waals surface area contributed by atoms with Crippen LogP contribution in [0.25, 0.3) is 5.69 Å². The van der Waals surface area contributed by atoms with Gasteiger partial charge < -0.3 is 10.1 Å². The van der Waals surface area contributed by atoms with Crippen molar-refractivity contribution in [2.75, 3.05) is 17.7 Å². The number of hydrogen-bond acceptors (Lipinski definition) is 6. The molecule has 27 heavy (non-hydrogen) atoms. The van der Waals surface area contributed by atoms with E-state index in [4.69, 9.17) is 4.74 Å². The van der Waals surface area contributed by atoms with E-state index in [0.29, 0.717) is 23.9 Å². The molecule has 8 heteroatoms. The van der Waals surface area contributed by atoms with Crippen molar-refractivity contribution in [2.45, 2.75) is 25.4 Å². The summed E-state index contributed by atoms with van der Waals surface area (Å²) in [4.78, 5) is 12.2. The standard InChI is InChI=1S/C19H21N5O2S/c1-3-26-16-10-8-15(9-11-16)24-19(21-22-23-24)27-13-12-18(25)20-17-7-5-4-6-14(17)2/h4-11H,3,12-13H2,1-2H3,(H,20,25). The molecular formula is C19H21N5O2S. The Balaban J connectivity index is 1.55. The number of amides is 1. The summed E-state index contributed by atoms with van der Waals surface area (Å²) >= 11 is 1.44. The summed E-state index contributed by atoms with van der Waals surface area (Å²) in [6.07, 6.45) is 0.370. The first-order valence-corrected chi connectivity index (χ1v) is 9.66. The highest BCUT2D eigenvalue weighted by Crippen LogP contribution is 2.21. The highest BCUT2D eigenvalue weighted by Gasteiger charge is 2.11. The predicted octanol–water partition coefficient (Wildman–Crippen LogP) is 3.49. The van der Waals surface area contributed by atoms with Crippen molar-refractivity contribution in [3.63, 3.8) is 0 Å². The van der Waals surface area contributed by atoms with Crippen LogP contribution in [0.4, 0.5) is 5.69 Å². The smallest absolute Gasteiger partial charge is 0.225 e. The molecule has 0 spiro atoms. The van der Waals surface area contributed by atoms with Gasteiger partial charge in [-0.2, -0.15) is 4.68 Å². The molecule has 0 saturated carbocycles. The van der Waals surface area contributed by atoms with Gasteiger partial charge in [0, 0.05) is 17.9 Å². The van der Waals surface area contributed by atoms with Crippen molar-refractivity contribution >= 4 is 23.4 Å². The molecule has 3 aromatic rings. The van der Waals surface area contributed by atoms with E-state index >= 15 is 0 Å². The van der Waals surface area contributed by atoms with E-state index in [1.54, 1.807) is 4.68 Å². The zero-order valence-corrected chi connectivity index (χ0v) is 16.1. The molecule has 1 aromatic heterocycles. The van der Waals surface area contributed by atoms with Crippen molar-refractivity contribution in [3.05, 3.63) is 54.1 Å². The van der Waals surface area contributed by atoms with Crippen LogP contribution in [0.1, 0.15) is 18.9 Å². The highest BCUT2D eigenvalue weighted by atomic mass is 32.2. The van der Waals surface area contributed by atoms with Gasteiger partial charge in [-0.25, -0.2) is 0 Å². The number of hydrogen-bond donors (Lipinski definition) is 1. The molecule has 0 atom stereocenters. The van der Waals surface area contributed by atoms with Crippen LogP contribution in [0.15, 0.2) is 53.7 Å². The molecule has 0 bridgehead atoms. The van der Waals surface area contributed by atoms with Crippen LogP contribution in [0, 0.1) is 6.92 Å². The minimum Gasteiger partial charge on any atom is -0.494 e. The Hall–Kier alpha value is -2.87. The number of ether oxygens (including phenoxy) is 1. The van der Waals surface area contributed by atoms with E-state index in [1.807, 2.05) is 62.4 Å². The number of anilines is 1. The summed E-state index contributed by atoms with van der Waals surface area (Å²) in [7, 11) is 0. The van der Waals surface area contributed by atoms with Crippen LogP contribution in [-0.4, -0.2) is 38.5 Å². The number of nitrogens with one attached hydrogen (secondary N) is 1. The molecule has 1 heterocycles. The Morgan fingerprint density at radius 3 is 2.70 bits per heavy atom. The lowest BCUT2D eigenvalue weighted by atomic mass is 10.2. The molecule has 140 valence electrons. The minimum absolute atomic E-state index is 0.0307. The quantitative estimate of drug-likeness (QED) is 0.600. The summed E-state index contributed by atoms with van der Waals surface area (Å²) in [5, 5.41) is 15.4. The van der Waals surface area contributed by atoms with Crippen molar-refractivity contribution < 1.29 is 9.53 Å². The number of carbonyl (C=O) groups excluding carboxylic acids is 1. The molecule has 0 aliphatic carbocycles. The van der Waals surface area contributed by atoms with E-state index in [-0.39, 0.29) is 5.91 Å². The fourth-order valence-corrected chi connectivity index (χ4v) is 3.27. The SMILES string of the molecule is CCOc1ccc(-n2nnnc2SCCC(=O)Nc2ccccc2C)cc1. The van der Waals surface area contributed by atoms with Gasteiger partial charge >= 0.3 is 0 Å². The second-order valence-electron chi connectivity index (χ2n) is 5.76. The lowest BCUT2D eigenvalue weighted by Gasteiger charge is -2.08. The zero-order valence-electron chi connectivity index (χ0n) is 15.3. The summed E-state index contributed by atoms with van der Waals surface area (Å²) in [5.74, 6) is 1.35. The van der Waals surface area contributed by atoms with Crippen molar-refractivity contribution in [3.8, 4) is 11.4 Å². The fraction of sp³-hybridized carbons (Fsp3) is 0.263. The lowest BCUT2D eigenvalue weighted by molar-refractivity contribution is -0.115. The van der Waals surface area contributed by atoms with E-state index in [1.165, 1.54) is 11.8 Å². The summed E-state index contributed by atoms with van der Waals surface area (Å²) in [5.41, 5.74) is 2.72. The second-order valence-corrected chi connectivity index (χ2v) is 6.82. The number of tetrazole rings is 1. The molecule has 0 aliphatic rings. The van der Waals surface area contributed by atoms with E-state index < -0.39 is 0 Å². The van der Waals surface area contributed by atoms with Crippen LogP contribution in [0.3, 0.4) is 0 Å². The Bertz CT molecular complexity index is 895. The lowest BCUT2D eigenvalue weighted by Crippen LogP contribution is -2.13. The number of benzene rings is 2. The van der Waals surface area contributed by atoms with Gasteiger partial charge in [0.05, 0.1) is 12.3 Å². The number of rotatable bonds is 8. The molecule has 0 unspecified atom stereocenters. The molecule has 0 fully saturated rings. The minimum atomic E-state index is -0.0307. The van der Waals surface area contributed by atoms with E-state index in [0.717, 1.165) is 22.7 Å². The topological polar surface area (TPSA) is 81.9 Å². The number of carbonyl (C=O) groups is 1. The Kier molecular flexibility index (Phi) is 6.43. The molecule has 0 saturated heterocycles. The monoisotopic (exact) mass is 383 g/mol. The van der Waals surface area contributed by atoms with Crippen LogP contribution in [-0.2, 0) is 4.79 Å². The molecule has 0 radical (unpaired) electrons. The van der Waals surface area contributed by atoms with Gasteiger partial charge in [0.25, 0.3) is 0 Å². The molecule has 7 nitrogen and oxygen atoms in total. The average Bonchev–Trinajstić information content (AvgIpc) is 3.13. The summed E-state index contributed by atoms with van der Waals surface area (Å²) < 4.78 is 7.10. The van der Waals surface area contributed by atoms with Gasteiger partial charge in [0.1, 0.15) is 5.75 Å². The predicted molar refractivity (Wildman–Crippen MR) is 105 cm³/mol. The molecule has 3 rings (SSSR count). The van der Waals surface area contributed by atoms with Gasteiger partial charge in [0.2, 0.25) is 11.1 Å². The third kappa shape index (κ3) is 5.07. The number of para-hydroxylation sites is 1. The first-order chi connectivity index (χ1) is 13.2. The highest BCUT2D eigenvalue weighted by molar-refractivity contribution is 7.99. The number of nitrogens with zero attached hydrogens (tertiary/aromatic N) is 4. The average molecular weight is 383 g/mol. The summed E-state index contributed by atoms with van der Waals surface area (Å²) in [6, 6.07) is 15.3. The molecule has 2 aromatic carbocycles. The Morgan fingerprint density at radius 1 is 1.19 bits per heavy atom. The molecular weight excluding hydrogens is 362 g/mol. The molecule has 1 N–H and O–H groups in total. The fourth-order valence-electron chi connectivity index (χ4n) is 2.44. The van der Waals surface area contributed by atoms with Gasteiger partial charge in [0.15, 0.2) is 0 Å². The van der Waals surface area contributed by atoms with Crippen molar-refractivity contribution in [1.29, 1.82) is 0 Å². The van der Waals surface area contributed by atoms with Gasteiger partial charge in [-0.1, -0.05) is 30.0 Å². The number of aryl methyl sites for hydroxylation is 1. The maximum Gasteiger partial charge on any atom is 0.225 e. The van der Waals surface area contributed by atoms with Crippen molar-refractivity contribution in [2.24, 2.45) is 0 Å². The molecule has 1 amide bonds. The first-order valence-electron chi connectivity index (χ1n) is 8.67. The molecule has 0 aliphatic heterocycles. The first kappa shape index (κ1) is 18.9. The van der Waals surface area contributed by atoms with Crippen LogP contribution in [0.5, 0.6) is 5.75 Å². The zero-order chi connectivity index (χ0) is 19.1. The Labute approximate surface area is 162 Å². The Morgan fingerprint density at radius 2 is 1.96 bits per heavy atom. The van der Waals surface area contributed by atoms with E-state index in [2.05, 4.69) is 20.8 Å². The largest absolute Gasteiger partial charge is 0.494 e. The number of thioether (sulfide) groups is 1. The maximum atomic E-state index is 12.2. The number of aromatic nitrogens is 4. The second kappa shape index (κ2) is 9.18. The van der Waals surface area contributed by atoms with Crippen LogP contribution in [0.2, 0.25) is 0 Å². The maximum absolute atomic E-state index is 12.2. The van der Waals surface area contributed by atoms with Gasteiger partial charge in [-0.3, -0.25) is 4.79 Å². The van der Waals surface area contributed by atoms with Crippen molar-refractivity contribution in [1.82, 2.24) is 20.2 Å². The van der Waals surface area contributed by atoms with Crippen LogP contribution < -0.4 is 10.1 Å². The van der Waals surface area contributed by atoms with Gasteiger partial charge in [-0.15, -0.1) is 5.10 Å². The normalized spacial score (nSPS) is 10.6. The third-order valence-electron chi connectivity index (χ3n) is 3.81.